The first-order chi connectivity index (χ1) is 11.7. The van der Waals surface area contributed by atoms with Crippen molar-refractivity contribution in [1.29, 1.82) is 0 Å². The maximum atomic E-state index is 12.6. The van der Waals surface area contributed by atoms with Crippen LogP contribution in [0.2, 0.25) is 0 Å². The van der Waals surface area contributed by atoms with Crippen molar-refractivity contribution in [2.75, 3.05) is 13.1 Å². The van der Waals surface area contributed by atoms with Crippen LogP contribution in [-0.2, 0) is 0 Å². The molecule has 0 unspecified atom stereocenters. The van der Waals surface area contributed by atoms with Crippen molar-refractivity contribution in [3.63, 3.8) is 0 Å². The molecule has 1 aliphatic heterocycles. The van der Waals surface area contributed by atoms with Crippen LogP contribution in [0.1, 0.15) is 16.1 Å². The summed E-state index contributed by atoms with van der Waals surface area (Å²) in [7, 11) is 0. The monoisotopic (exact) mass is 318 g/mol. The molecule has 4 heteroatoms. The van der Waals surface area contributed by atoms with Crippen molar-refractivity contribution in [3.05, 3.63) is 71.9 Å². The van der Waals surface area contributed by atoms with Gasteiger partial charge < -0.3 is 9.64 Å². The lowest BCUT2D eigenvalue weighted by atomic mass is 10.0. The normalized spacial score (nSPS) is 14.5. The first-order valence-corrected chi connectivity index (χ1v) is 8.07. The summed E-state index contributed by atoms with van der Waals surface area (Å²) in [4.78, 5) is 18.7. The maximum absolute atomic E-state index is 12.6. The second-order valence-electron chi connectivity index (χ2n) is 6.13. The summed E-state index contributed by atoms with van der Waals surface area (Å²) in [5.74, 6) is 0.676. The van der Waals surface area contributed by atoms with Gasteiger partial charge in [-0.25, -0.2) is 4.98 Å². The molecule has 120 valence electrons. The summed E-state index contributed by atoms with van der Waals surface area (Å²) < 4.78 is 5.81. The number of nitrogens with zero attached hydrogens (tertiary/aromatic N) is 2. The number of hydrogen-bond acceptors (Lipinski definition) is 3. The molecule has 24 heavy (non-hydrogen) atoms. The van der Waals surface area contributed by atoms with Gasteiger partial charge in [-0.05, 0) is 35.9 Å². The Morgan fingerprint density at radius 3 is 2.62 bits per heavy atom. The number of rotatable bonds is 3. The van der Waals surface area contributed by atoms with Crippen molar-refractivity contribution >= 4 is 16.7 Å². The van der Waals surface area contributed by atoms with Gasteiger partial charge in [0.25, 0.3) is 5.91 Å². The van der Waals surface area contributed by atoms with E-state index in [0.29, 0.717) is 19.0 Å². The van der Waals surface area contributed by atoms with Crippen LogP contribution in [0.4, 0.5) is 0 Å². The van der Waals surface area contributed by atoms with E-state index >= 15 is 0 Å². The van der Waals surface area contributed by atoms with E-state index < -0.39 is 0 Å². The summed E-state index contributed by atoms with van der Waals surface area (Å²) in [5, 5.41) is 2.23. The molecule has 1 fully saturated rings. The average molecular weight is 318 g/mol. The molecule has 4 nitrogen and oxygen atoms in total. The summed E-state index contributed by atoms with van der Waals surface area (Å²) >= 11 is 0. The number of ether oxygens (including phenoxy) is 1. The van der Waals surface area contributed by atoms with Crippen molar-refractivity contribution in [2.24, 2.45) is 0 Å². The lowest BCUT2D eigenvalue weighted by molar-refractivity contribution is 0.0159. The Labute approximate surface area is 140 Å². The molecule has 1 saturated heterocycles. The molecule has 0 atom stereocenters. The highest BCUT2D eigenvalue weighted by molar-refractivity contribution is 5.99. The number of aryl methyl sites for hydroxylation is 1. The molecule has 1 amide bonds. The fourth-order valence-electron chi connectivity index (χ4n) is 2.94. The Morgan fingerprint density at radius 1 is 1.04 bits per heavy atom. The number of benzene rings is 2. The highest BCUT2D eigenvalue weighted by Gasteiger charge is 2.33. The van der Waals surface area contributed by atoms with Crippen LogP contribution < -0.4 is 4.74 Å². The van der Waals surface area contributed by atoms with Crippen LogP contribution in [0, 0.1) is 6.92 Å². The molecule has 3 aromatic rings. The molecule has 2 aromatic carbocycles. The third kappa shape index (κ3) is 2.83. The Balaban J connectivity index is 1.41. The molecular weight excluding hydrogens is 300 g/mol. The molecule has 0 saturated carbocycles. The van der Waals surface area contributed by atoms with E-state index in [2.05, 4.69) is 4.98 Å². The van der Waals surface area contributed by atoms with Crippen molar-refractivity contribution in [1.82, 2.24) is 9.88 Å². The number of pyridine rings is 1. The third-order valence-corrected chi connectivity index (χ3v) is 4.28. The van der Waals surface area contributed by atoms with E-state index in [-0.39, 0.29) is 12.0 Å². The number of carbonyl (C=O) groups excluding carboxylic acids is 1. The zero-order valence-corrected chi connectivity index (χ0v) is 13.5. The lowest BCUT2D eigenvalue weighted by Gasteiger charge is -2.38. The highest BCUT2D eigenvalue weighted by Crippen LogP contribution is 2.21. The molecule has 4 rings (SSSR count). The smallest absolute Gasteiger partial charge is 0.254 e. The minimum atomic E-state index is 0.0173. The van der Waals surface area contributed by atoms with Crippen LogP contribution in [0.15, 0.2) is 60.7 Å². The van der Waals surface area contributed by atoms with Crippen LogP contribution in [0.25, 0.3) is 10.8 Å². The Morgan fingerprint density at radius 2 is 1.83 bits per heavy atom. The number of hydrogen-bond donors (Lipinski definition) is 0. The topological polar surface area (TPSA) is 42.4 Å². The summed E-state index contributed by atoms with van der Waals surface area (Å²) in [6.07, 6.45) is 0.0173. The zero-order valence-electron chi connectivity index (χ0n) is 13.5. The van der Waals surface area contributed by atoms with Gasteiger partial charge in [0.2, 0.25) is 5.88 Å². The molecule has 0 bridgehead atoms. The van der Waals surface area contributed by atoms with Gasteiger partial charge in [-0.15, -0.1) is 0 Å². The Hall–Kier alpha value is -2.88. The maximum Gasteiger partial charge on any atom is 0.254 e. The Bertz CT molecular complexity index is 901. The summed E-state index contributed by atoms with van der Waals surface area (Å²) in [6, 6.07) is 19.6. The van der Waals surface area contributed by atoms with Gasteiger partial charge >= 0.3 is 0 Å². The van der Waals surface area contributed by atoms with Crippen LogP contribution in [0.3, 0.4) is 0 Å². The predicted octanol–water partition coefficient (Wildman–Crippen LogP) is 3.45. The summed E-state index contributed by atoms with van der Waals surface area (Å²) in [5.41, 5.74) is 1.65. The van der Waals surface area contributed by atoms with Gasteiger partial charge in [0.15, 0.2) is 0 Å². The molecule has 0 aliphatic carbocycles. The quantitative estimate of drug-likeness (QED) is 0.743. The van der Waals surface area contributed by atoms with Crippen LogP contribution >= 0.6 is 0 Å². The van der Waals surface area contributed by atoms with Gasteiger partial charge in [0, 0.05) is 17.3 Å². The predicted molar refractivity (Wildman–Crippen MR) is 93.2 cm³/mol. The molecule has 1 aromatic heterocycles. The van der Waals surface area contributed by atoms with E-state index in [1.54, 1.807) is 0 Å². The number of fused-ring (bicyclic) bond motifs is 1. The number of likely N-dealkylation sites (tertiary alicyclic amines) is 1. The van der Waals surface area contributed by atoms with Crippen molar-refractivity contribution < 1.29 is 9.53 Å². The average Bonchev–Trinajstić information content (AvgIpc) is 2.57. The van der Waals surface area contributed by atoms with Crippen LogP contribution in [-0.4, -0.2) is 35.0 Å². The molecule has 0 spiro atoms. The van der Waals surface area contributed by atoms with E-state index in [0.717, 1.165) is 22.0 Å². The first-order valence-electron chi connectivity index (χ1n) is 8.07. The van der Waals surface area contributed by atoms with Gasteiger partial charge in [-0.2, -0.15) is 0 Å². The first kappa shape index (κ1) is 14.7. The zero-order chi connectivity index (χ0) is 16.5. The van der Waals surface area contributed by atoms with E-state index in [1.165, 1.54) is 0 Å². The second kappa shape index (κ2) is 5.96. The fourth-order valence-corrected chi connectivity index (χ4v) is 2.94. The minimum absolute atomic E-state index is 0.0173. The number of amides is 1. The van der Waals surface area contributed by atoms with Gasteiger partial charge in [0.1, 0.15) is 6.10 Å². The van der Waals surface area contributed by atoms with Crippen molar-refractivity contribution in [3.8, 4) is 5.88 Å². The molecule has 0 radical (unpaired) electrons. The molecule has 0 N–H and O–H groups in total. The SMILES string of the molecule is Cc1cccc(OC2CN(C(=O)c3ccc4ccccc4c3)C2)n1. The van der Waals surface area contributed by atoms with Gasteiger partial charge in [-0.1, -0.05) is 36.4 Å². The number of carbonyl (C=O) groups is 1. The van der Waals surface area contributed by atoms with Gasteiger partial charge in [0.05, 0.1) is 13.1 Å². The van der Waals surface area contributed by atoms with Crippen LogP contribution in [0.5, 0.6) is 5.88 Å². The number of aromatic nitrogens is 1. The largest absolute Gasteiger partial charge is 0.471 e. The van der Waals surface area contributed by atoms with E-state index in [4.69, 9.17) is 4.74 Å². The second-order valence-corrected chi connectivity index (χ2v) is 6.13. The fraction of sp³-hybridized carbons (Fsp3) is 0.200. The molecular formula is C20H18N2O2. The Kier molecular flexibility index (Phi) is 3.65. The third-order valence-electron chi connectivity index (χ3n) is 4.28. The molecule has 1 aliphatic rings. The lowest BCUT2D eigenvalue weighted by Crippen LogP contribution is -2.56. The van der Waals surface area contributed by atoms with E-state index in [1.807, 2.05) is 72.5 Å². The summed E-state index contributed by atoms with van der Waals surface area (Å²) in [6.45, 7) is 3.13. The molecule has 2 heterocycles. The standard InChI is InChI=1S/C20H18N2O2/c1-14-5-4-8-19(21-14)24-18-12-22(13-18)20(23)17-10-9-15-6-2-3-7-16(15)11-17/h2-11,18H,12-13H2,1H3. The van der Waals surface area contributed by atoms with Gasteiger partial charge in [-0.3, -0.25) is 4.79 Å². The highest BCUT2D eigenvalue weighted by atomic mass is 16.5. The minimum Gasteiger partial charge on any atom is -0.471 e. The van der Waals surface area contributed by atoms with Crippen molar-refractivity contribution in [2.45, 2.75) is 13.0 Å². The van der Waals surface area contributed by atoms with E-state index in [9.17, 15) is 4.79 Å².